The van der Waals surface area contributed by atoms with E-state index in [1.807, 2.05) is 28.7 Å². The fourth-order valence-electron chi connectivity index (χ4n) is 0.591. The zero-order valence-electron chi connectivity index (χ0n) is 6.81. The van der Waals surface area contributed by atoms with Gasteiger partial charge in [0.2, 0.25) is 0 Å². The molecule has 0 spiro atoms. The summed E-state index contributed by atoms with van der Waals surface area (Å²) < 4.78 is 0.767. The molecule has 0 heterocycles. The molecule has 0 bridgehead atoms. The van der Waals surface area contributed by atoms with Crippen LogP contribution in [0, 0.1) is 17.2 Å². The Labute approximate surface area is 80.4 Å². The zero-order chi connectivity index (χ0) is 9.02. The van der Waals surface area contributed by atoms with Gasteiger partial charge in [0.25, 0.3) is 0 Å². The lowest BCUT2D eigenvalue weighted by molar-refractivity contribution is -0.117. The summed E-state index contributed by atoms with van der Waals surface area (Å²) in [6, 6.07) is 1.91. The summed E-state index contributed by atoms with van der Waals surface area (Å²) in [6.45, 7) is 5.35. The van der Waals surface area contributed by atoms with E-state index in [9.17, 15) is 4.79 Å². The van der Waals surface area contributed by atoms with Gasteiger partial charge in [-0.2, -0.15) is 5.26 Å². The van der Waals surface area contributed by atoms with Crippen LogP contribution in [0.4, 0.5) is 0 Å². The van der Waals surface area contributed by atoms with Crippen LogP contribution in [0.25, 0.3) is 0 Å². The van der Waals surface area contributed by atoms with Gasteiger partial charge in [0, 0.05) is 9.50 Å². The highest BCUT2D eigenvalue weighted by atomic mass is 127. The van der Waals surface area contributed by atoms with E-state index in [4.69, 9.17) is 5.26 Å². The second-order valence-corrected chi connectivity index (χ2v) is 4.16. The summed E-state index contributed by atoms with van der Waals surface area (Å²) in [5, 5.41) is 8.58. The van der Waals surface area contributed by atoms with Crippen LogP contribution in [0.2, 0.25) is 0 Å². The van der Waals surface area contributed by atoms with Crippen molar-refractivity contribution in [2.45, 2.75) is 20.8 Å². The van der Waals surface area contributed by atoms with Crippen LogP contribution in [0.15, 0.2) is 9.15 Å². The molecule has 60 valence electrons. The van der Waals surface area contributed by atoms with Crippen LogP contribution in [-0.4, -0.2) is 5.78 Å². The minimum absolute atomic E-state index is 0.0700. The van der Waals surface area contributed by atoms with E-state index in [1.165, 1.54) is 0 Å². The lowest BCUT2D eigenvalue weighted by atomic mass is 10.0. The molecule has 0 aliphatic carbocycles. The standard InChI is InChI=1S/C8H10INO/c1-5(2)8(11)7(4-10)6(3)9/h5H,1-3H3/b7-6+. The number of ketones is 1. The maximum Gasteiger partial charge on any atom is 0.176 e. The number of carbonyl (C=O) groups is 1. The van der Waals surface area contributed by atoms with Crippen molar-refractivity contribution in [2.75, 3.05) is 0 Å². The van der Waals surface area contributed by atoms with E-state index >= 15 is 0 Å². The number of hydrogen-bond acceptors (Lipinski definition) is 2. The summed E-state index contributed by atoms with van der Waals surface area (Å²) in [5.41, 5.74) is 0.292. The van der Waals surface area contributed by atoms with Gasteiger partial charge in [-0.25, -0.2) is 0 Å². The number of Topliss-reactive ketones (excluding diaryl/α,β-unsaturated/α-hetero) is 1. The number of carbonyl (C=O) groups excluding carboxylic acids is 1. The van der Waals surface area contributed by atoms with Crippen molar-refractivity contribution < 1.29 is 4.79 Å². The molecule has 0 aromatic rings. The van der Waals surface area contributed by atoms with Crippen LogP contribution in [0.3, 0.4) is 0 Å². The van der Waals surface area contributed by atoms with Crippen LogP contribution in [0.1, 0.15) is 20.8 Å². The molecule has 3 heteroatoms. The van der Waals surface area contributed by atoms with Crippen molar-refractivity contribution >= 4 is 28.4 Å². The maximum absolute atomic E-state index is 11.2. The van der Waals surface area contributed by atoms with Crippen molar-refractivity contribution in [2.24, 2.45) is 5.92 Å². The first-order valence-electron chi connectivity index (χ1n) is 3.31. The van der Waals surface area contributed by atoms with Gasteiger partial charge >= 0.3 is 0 Å². The van der Waals surface area contributed by atoms with Gasteiger partial charge in [-0.15, -0.1) is 0 Å². The smallest absolute Gasteiger partial charge is 0.176 e. The Morgan fingerprint density at radius 3 is 2.09 bits per heavy atom. The van der Waals surface area contributed by atoms with Gasteiger partial charge in [0.05, 0.1) is 0 Å². The molecule has 0 unspecified atom stereocenters. The highest BCUT2D eigenvalue weighted by Crippen LogP contribution is 2.15. The summed E-state index contributed by atoms with van der Waals surface area (Å²) in [7, 11) is 0. The zero-order valence-corrected chi connectivity index (χ0v) is 8.97. The quantitative estimate of drug-likeness (QED) is 0.436. The van der Waals surface area contributed by atoms with E-state index < -0.39 is 0 Å². The topological polar surface area (TPSA) is 40.9 Å². The SMILES string of the molecule is C/C(I)=C(/C#N)C(=O)C(C)C. The molecule has 11 heavy (non-hydrogen) atoms. The molecule has 0 saturated heterocycles. The average Bonchev–Trinajstić information content (AvgIpc) is 1.88. The van der Waals surface area contributed by atoms with Crippen molar-refractivity contribution in [3.05, 3.63) is 9.15 Å². The first kappa shape index (κ1) is 10.6. The Bertz CT molecular complexity index is 231. The molecule has 0 aromatic heterocycles. The molecule has 0 radical (unpaired) electrons. The fraction of sp³-hybridized carbons (Fsp3) is 0.500. The van der Waals surface area contributed by atoms with Gasteiger partial charge < -0.3 is 0 Å². The van der Waals surface area contributed by atoms with Crippen LogP contribution < -0.4 is 0 Å². The number of allylic oxidation sites excluding steroid dienone is 2. The van der Waals surface area contributed by atoms with Crippen LogP contribution >= 0.6 is 22.6 Å². The second kappa shape index (κ2) is 4.50. The third kappa shape index (κ3) is 3.02. The third-order valence-corrected chi connectivity index (χ3v) is 1.77. The maximum atomic E-state index is 11.2. The molecular formula is C8H10INO. The first-order chi connectivity index (χ1) is 5.00. The highest BCUT2D eigenvalue weighted by Gasteiger charge is 2.14. The van der Waals surface area contributed by atoms with Crippen molar-refractivity contribution in [3.63, 3.8) is 0 Å². The normalized spacial score (nSPS) is 12.4. The van der Waals surface area contributed by atoms with Crippen molar-refractivity contribution in [3.8, 4) is 6.07 Å². The summed E-state index contributed by atoms with van der Waals surface area (Å²) in [4.78, 5) is 11.2. The number of halogens is 1. The Kier molecular flexibility index (Phi) is 4.34. The molecule has 0 fully saturated rings. The van der Waals surface area contributed by atoms with Crippen molar-refractivity contribution in [1.82, 2.24) is 0 Å². The van der Waals surface area contributed by atoms with E-state index in [0.717, 1.165) is 3.58 Å². The molecule has 0 aromatic carbocycles. The summed E-state index contributed by atoms with van der Waals surface area (Å²) >= 11 is 1.99. The molecule has 0 saturated carbocycles. The number of rotatable bonds is 2. The summed E-state index contributed by atoms with van der Waals surface area (Å²) in [5.74, 6) is -0.159. The Balaban J connectivity index is 4.73. The van der Waals surface area contributed by atoms with Gasteiger partial charge in [-0.3, -0.25) is 4.79 Å². The minimum Gasteiger partial charge on any atom is -0.293 e. The average molecular weight is 263 g/mol. The monoisotopic (exact) mass is 263 g/mol. The largest absolute Gasteiger partial charge is 0.293 e. The number of nitrogens with zero attached hydrogens (tertiary/aromatic N) is 1. The minimum atomic E-state index is -0.0886. The van der Waals surface area contributed by atoms with E-state index in [1.54, 1.807) is 20.8 Å². The number of hydrogen-bond donors (Lipinski definition) is 0. The van der Waals surface area contributed by atoms with Gasteiger partial charge in [0.15, 0.2) is 5.78 Å². The van der Waals surface area contributed by atoms with Crippen LogP contribution in [0.5, 0.6) is 0 Å². The highest BCUT2D eigenvalue weighted by molar-refractivity contribution is 14.1. The predicted molar refractivity (Wildman–Crippen MR) is 52.2 cm³/mol. The predicted octanol–water partition coefficient (Wildman–Crippen LogP) is 2.44. The molecular weight excluding hydrogens is 253 g/mol. The lowest BCUT2D eigenvalue weighted by Gasteiger charge is -2.01. The Morgan fingerprint density at radius 1 is 1.55 bits per heavy atom. The molecule has 0 atom stereocenters. The van der Waals surface area contributed by atoms with E-state index in [2.05, 4.69) is 0 Å². The molecule has 0 rings (SSSR count). The third-order valence-electron chi connectivity index (χ3n) is 1.23. The molecule has 0 amide bonds. The van der Waals surface area contributed by atoms with Crippen LogP contribution in [-0.2, 0) is 4.79 Å². The molecule has 0 aliphatic heterocycles. The van der Waals surface area contributed by atoms with Gasteiger partial charge in [-0.05, 0) is 29.5 Å². The Hall–Kier alpha value is -0.370. The summed E-state index contributed by atoms with van der Waals surface area (Å²) in [6.07, 6.45) is 0. The second-order valence-electron chi connectivity index (χ2n) is 2.54. The Morgan fingerprint density at radius 2 is 2.00 bits per heavy atom. The lowest BCUT2D eigenvalue weighted by Crippen LogP contribution is -2.09. The van der Waals surface area contributed by atoms with Gasteiger partial charge in [0.1, 0.15) is 11.6 Å². The molecule has 2 nitrogen and oxygen atoms in total. The van der Waals surface area contributed by atoms with E-state index in [-0.39, 0.29) is 11.7 Å². The molecule has 0 aliphatic rings. The fourth-order valence-corrected chi connectivity index (χ4v) is 0.977. The van der Waals surface area contributed by atoms with Gasteiger partial charge in [-0.1, -0.05) is 13.8 Å². The molecule has 0 N–H and O–H groups in total. The number of nitriles is 1. The first-order valence-corrected chi connectivity index (χ1v) is 4.39. The van der Waals surface area contributed by atoms with E-state index in [0.29, 0.717) is 5.57 Å². The van der Waals surface area contributed by atoms with Crippen molar-refractivity contribution in [1.29, 1.82) is 5.26 Å².